The number of aryl methyl sites for hydroxylation is 1. The maximum absolute atomic E-state index is 8.75. The first kappa shape index (κ1) is 8.72. The molecule has 0 aromatic carbocycles. The van der Waals surface area contributed by atoms with Crippen LogP contribution in [0.3, 0.4) is 0 Å². The summed E-state index contributed by atoms with van der Waals surface area (Å²) in [5.41, 5.74) is 1.37. The molecule has 0 aliphatic rings. The summed E-state index contributed by atoms with van der Waals surface area (Å²) in [5, 5.41) is 16.5. The van der Waals surface area contributed by atoms with Crippen molar-refractivity contribution in [3.8, 4) is 6.07 Å². The van der Waals surface area contributed by atoms with Crippen molar-refractivity contribution in [2.24, 2.45) is 13.0 Å². The van der Waals surface area contributed by atoms with E-state index in [9.17, 15) is 0 Å². The standard InChI is InChI=1S/C8H12N4/c1-6(2)4-7-8(5-9)12(3)11-10-7/h6H,4H2,1-3H3. The van der Waals surface area contributed by atoms with E-state index in [0.29, 0.717) is 11.6 Å². The number of hydrogen-bond donors (Lipinski definition) is 0. The van der Waals surface area contributed by atoms with E-state index >= 15 is 0 Å². The summed E-state index contributed by atoms with van der Waals surface area (Å²) >= 11 is 0. The predicted octanol–water partition coefficient (Wildman–Crippen LogP) is 0.885. The fourth-order valence-corrected chi connectivity index (χ4v) is 1.06. The average molecular weight is 164 g/mol. The Kier molecular flexibility index (Phi) is 2.44. The van der Waals surface area contributed by atoms with Gasteiger partial charge in [-0.3, -0.25) is 0 Å². The molecule has 0 saturated carbocycles. The zero-order valence-electron chi connectivity index (χ0n) is 7.57. The fraction of sp³-hybridized carbons (Fsp3) is 0.625. The van der Waals surface area contributed by atoms with E-state index in [2.05, 4.69) is 30.2 Å². The number of aromatic nitrogens is 3. The largest absolute Gasteiger partial charge is 0.237 e. The minimum absolute atomic E-state index is 0.508. The van der Waals surface area contributed by atoms with Crippen LogP contribution in [0.5, 0.6) is 0 Å². The Morgan fingerprint density at radius 2 is 2.25 bits per heavy atom. The number of nitriles is 1. The van der Waals surface area contributed by atoms with Gasteiger partial charge in [-0.05, 0) is 12.3 Å². The van der Waals surface area contributed by atoms with Gasteiger partial charge in [-0.1, -0.05) is 19.1 Å². The quantitative estimate of drug-likeness (QED) is 0.652. The second-order valence-corrected chi connectivity index (χ2v) is 3.22. The average Bonchev–Trinajstić information content (AvgIpc) is 2.30. The van der Waals surface area contributed by atoms with Crippen LogP contribution in [0.4, 0.5) is 0 Å². The van der Waals surface area contributed by atoms with Gasteiger partial charge in [0.1, 0.15) is 11.8 Å². The monoisotopic (exact) mass is 164 g/mol. The highest BCUT2D eigenvalue weighted by Crippen LogP contribution is 2.08. The Hall–Kier alpha value is -1.37. The van der Waals surface area contributed by atoms with Gasteiger partial charge in [-0.15, -0.1) is 5.10 Å². The summed E-state index contributed by atoms with van der Waals surface area (Å²) in [4.78, 5) is 0. The van der Waals surface area contributed by atoms with Gasteiger partial charge in [0.15, 0.2) is 5.69 Å². The molecular weight excluding hydrogens is 152 g/mol. The van der Waals surface area contributed by atoms with E-state index in [-0.39, 0.29) is 0 Å². The molecule has 4 nitrogen and oxygen atoms in total. The summed E-state index contributed by atoms with van der Waals surface area (Å²) in [7, 11) is 1.73. The van der Waals surface area contributed by atoms with Crippen LogP contribution in [0.25, 0.3) is 0 Å². The molecule has 0 atom stereocenters. The third-order valence-electron chi connectivity index (χ3n) is 1.60. The van der Waals surface area contributed by atoms with Crippen LogP contribution >= 0.6 is 0 Å². The zero-order valence-corrected chi connectivity index (χ0v) is 7.57. The van der Waals surface area contributed by atoms with E-state index in [0.717, 1.165) is 12.1 Å². The second kappa shape index (κ2) is 3.35. The third-order valence-corrected chi connectivity index (χ3v) is 1.60. The Balaban J connectivity index is 2.94. The van der Waals surface area contributed by atoms with E-state index in [4.69, 9.17) is 5.26 Å². The van der Waals surface area contributed by atoms with E-state index in [1.165, 1.54) is 4.68 Å². The van der Waals surface area contributed by atoms with Crippen LogP contribution in [0.2, 0.25) is 0 Å². The maximum Gasteiger partial charge on any atom is 0.161 e. The SMILES string of the molecule is CC(C)Cc1nnn(C)c1C#N. The summed E-state index contributed by atoms with van der Waals surface area (Å²) in [6.07, 6.45) is 0.816. The first-order valence-electron chi connectivity index (χ1n) is 3.93. The number of hydrogen-bond acceptors (Lipinski definition) is 3. The van der Waals surface area contributed by atoms with Crippen LogP contribution in [0.1, 0.15) is 25.2 Å². The molecule has 0 bridgehead atoms. The summed E-state index contributed by atoms with van der Waals surface area (Å²) in [6.45, 7) is 4.19. The topological polar surface area (TPSA) is 54.5 Å². The van der Waals surface area contributed by atoms with Crippen molar-refractivity contribution in [2.75, 3.05) is 0 Å². The van der Waals surface area contributed by atoms with Gasteiger partial charge in [0, 0.05) is 7.05 Å². The van der Waals surface area contributed by atoms with Crippen LogP contribution in [0.15, 0.2) is 0 Å². The van der Waals surface area contributed by atoms with Crippen molar-refractivity contribution in [3.05, 3.63) is 11.4 Å². The van der Waals surface area contributed by atoms with Crippen LogP contribution in [0, 0.1) is 17.2 Å². The van der Waals surface area contributed by atoms with Gasteiger partial charge in [0.05, 0.1) is 0 Å². The van der Waals surface area contributed by atoms with E-state index in [1.54, 1.807) is 7.05 Å². The van der Waals surface area contributed by atoms with Crippen molar-refractivity contribution in [3.63, 3.8) is 0 Å². The molecule has 0 spiro atoms. The molecule has 0 N–H and O–H groups in total. The van der Waals surface area contributed by atoms with Crippen LogP contribution < -0.4 is 0 Å². The number of rotatable bonds is 2. The Labute approximate surface area is 71.8 Å². The van der Waals surface area contributed by atoms with Gasteiger partial charge in [-0.2, -0.15) is 5.26 Å². The highest BCUT2D eigenvalue weighted by atomic mass is 15.4. The third kappa shape index (κ3) is 1.62. The van der Waals surface area contributed by atoms with Crippen molar-refractivity contribution in [1.29, 1.82) is 5.26 Å². The van der Waals surface area contributed by atoms with Crippen LogP contribution in [-0.2, 0) is 13.5 Å². The molecule has 4 heteroatoms. The van der Waals surface area contributed by atoms with Crippen LogP contribution in [-0.4, -0.2) is 15.0 Å². The molecule has 0 fully saturated rings. The molecular formula is C8H12N4. The molecule has 1 aromatic rings. The molecule has 64 valence electrons. The smallest absolute Gasteiger partial charge is 0.161 e. The lowest BCUT2D eigenvalue weighted by atomic mass is 10.1. The van der Waals surface area contributed by atoms with Crippen molar-refractivity contribution >= 4 is 0 Å². The summed E-state index contributed by atoms with van der Waals surface area (Å²) in [6, 6.07) is 2.09. The normalized spacial score (nSPS) is 10.2. The van der Waals surface area contributed by atoms with Gasteiger partial charge < -0.3 is 0 Å². The molecule has 12 heavy (non-hydrogen) atoms. The second-order valence-electron chi connectivity index (χ2n) is 3.22. The van der Waals surface area contributed by atoms with Gasteiger partial charge in [0.25, 0.3) is 0 Å². The summed E-state index contributed by atoms with van der Waals surface area (Å²) < 4.78 is 1.51. The van der Waals surface area contributed by atoms with Crippen molar-refractivity contribution in [1.82, 2.24) is 15.0 Å². The molecule has 0 radical (unpaired) electrons. The highest BCUT2D eigenvalue weighted by Gasteiger charge is 2.10. The van der Waals surface area contributed by atoms with E-state index < -0.39 is 0 Å². The highest BCUT2D eigenvalue weighted by molar-refractivity contribution is 5.25. The Bertz CT molecular complexity index is 305. The molecule has 0 saturated heterocycles. The molecule has 0 unspecified atom stereocenters. The maximum atomic E-state index is 8.75. The molecule has 0 amide bonds. The minimum atomic E-state index is 0.508. The first-order valence-corrected chi connectivity index (χ1v) is 3.93. The summed E-state index contributed by atoms with van der Waals surface area (Å²) in [5.74, 6) is 0.508. The molecule has 1 aromatic heterocycles. The lowest BCUT2D eigenvalue weighted by Gasteiger charge is -1.99. The Morgan fingerprint density at radius 1 is 1.58 bits per heavy atom. The zero-order chi connectivity index (χ0) is 9.14. The van der Waals surface area contributed by atoms with Crippen molar-refractivity contribution in [2.45, 2.75) is 20.3 Å². The Morgan fingerprint density at radius 3 is 2.75 bits per heavy atom. The lowest BCUT2D eigenvalue weighted by molar-refractivity contribution is 0.632. The van der Waals surface area contributed by atoms with Gasteiger partial charge in [-0.25, -0.2) is 4.68 Å². The molecule has 0 aliphatic heterocycles. The lowest BCUT2D eigenvalue weighted by Crippen LogP contribution is -1.99. The van der Waals surface area contributed by atoms with Gasteiger partial charge in [0.2, 0.25) is 0 Å². The van der Waals surface area contributed by atoms with Crippen molar-refractivity contribution < 1.29 is 0 Å². The minimum Gasteiger partial charge on any atom is -0.237 e. The molecule has 1 rings (SSSR count). The first-order chi connectivity index (χ1) is 5.65. The van der Waals surface area contributed by atoms with E-state index in [1.807, 2.05) is 0 Å². The molecule has 1 heterocycles. The predicted molar refractivity (Wildman–Crippen MR) is 44.3 cm³/mol. The van der Waals surface area contributed by atoms with Gasteiger partial charge >= 0.3 is 0 Å². The number of nitrogens with zero attached hydrogens (tertiary/aromatic N) is 4. The fourth-order valence-electron chi connectivity index (χ4n) is 1.06. The molecule has 0 aliphatic carbocycles.